The van der Waals surface area contributed by atoms with Crippen molar-refractivity contribution in [3.05, 3.63) is 0 Å². The molecule has 1 heterocycles. The minimum Gasteiger partial charge on any atom is -0.384 e. The summed E-state index contributed by atoms with van der Waals surface area (Å²) in [5, 5.41) is 0. The summed E-state index contributed by atoms with van der Waals surface area (Å²) in [4.78, 5) is 0.457. The van der Waals surface area contributed by atoms with Gasteiger partial charge in [0.1, 0.15) is 0 Å². The van der Waals surface area contributed by atoms with Crippen LogP contribution in [0.1, 0.15) is 26.7 Å². The van der Waals surface area contributed by atoms with Crippen LogP contribution in [0.3, 0.4) is 0 Å². The lowest BCUT2D eigenvalue weighted by Crippen LogP contribution is -2.36. The molecule has 0 amide bonds. The molecule has 0 aromatic carbocycles. The summed E-state index contributed by atoms with van der Waals surface area (Å²) in [5.74, 6) is 0. The maximum Gasteiger partial charge on any atom is 0.0464 e. The fourth-order valence-corrected chi connectivity index (χ4v) is 2.19. The Morgan fingerprint density at radius 2 is 1.89 bits per heavy atom. The van der Waals surface area contributed by atoms with Crippen molar-refractivity contribution in [1.82, 2.24) is 0 Å². The minimum absolute atomic E-state index is 0. The highest BCUT2D eigenvalue weighted by Gasteiger charge is 2.20. The van der Waals surface area contributed by atoms with E-state index in [1.807, 2.05) is 0 Å². The molecule has 0 N–H and O–H groups in total. The Balaban J connectivity index is 0.000000640. The molecular weight excluding hydrogens is 144 g/mol. The maximum atomic E-state index is 5.59. The van der Waals surface area contributed by atoms with Gasteiger partial charge in [-0.2, -0.15) is 0 Å². The van der Waals surface area contributed by atoms with Crippen LogP contribution in [0.2, 0.25) is 0 Å². The Morgan fingerprint density at radius 1 is 1.22 bits per heavy atom. The molecule has 1 nitrogen and oxygen atoms in total. The molecule has 0 spiro atoms. The van der Waals surface area contributed by atoms with Gasteiger partial charge >= 0.3 is 0 Å². The third kappa shape index (κ3) is 3.18. The summed E-state index contributed by atoms with van der Waals surface area (Å²) < 4.78 is 5.59. The number of ether oxygens (including phenoxy) is 1. The van der Waals surface area contributed by atoms with Crippen LogP contribution in [0.25, 0.3) is 0 Å². The van der Waals surface area contributed by atoms with Crippen molar-refractivity contribution in [2.24, 2.45) is 0 Å². The van der Waals surface area contributed by atoms with Crippen molar-refractivity contribution in [1.29, 1.82) is 0 Å². The molecule has 3 heteroatoms. The van der Waals surface area contributed by atoms with Gasteiger partial charge in [0.15, 0.2) is 0 Å². The maximum absolute atomic E-state index is 5.59. The van der Waals surface area contributed by atoms with E-state index < -0.39 is 0 Å². The van der Waals surface area contributed by atoms with E-state index in [0.29, 0.717) is 4.85 Å². The topological polar surface area (TPSA) is 9.23 Å². The minimum atomic E-state index is 0. The van der Waals surface area contributed by atoms with Gasteiger partial charge in [-0.05, 0) is 19.3 Å². The summed E-state index contributed by atoms with van der Waals surface area (Å²) in [5.41, 5.74) is 0. The molecule has 1 rings (SSSR count). The second-order valence-electron chi connectivity index (χ2n) is 3.07. The van der Waals surface area contributed by atoms with Crippen LogP contribution >= 0.6 is 0 Å². The molecule has 9 heavy (non-hydrogen) atoms. The standard InChI is InChI=1S/C5H14OSi2.CH4/c7-5(8)3-1-2-4-6-5;/h1-4H2,7-8H3;1H4. The van der Waals surface area contributed by atoms with Crippen LogP contribution in [0, 0.1) is 0 Å². The van der Waals surface area contributed by atoms with Crippen molar-refractivity contribution in [3.63, 3.8) is 0 Å². The Bertz CT molecular complexity index is 75.1. The predicted molar refractivity (Wildman–Crippen MR) is 49.1 cm³/mol. The average Bonchev–Trinajstić information content (AvgIpc) is 1.65. The molecule has 1 saturated heterocycles. The Labute approximate surface area is 64.0 Å². The molecule has 0 radical (unpaired) electrons. The van der Waals surface area contributed by atoms with Gasteiger partial charge in [0.05, 0.1) is 0 Å². The smallest absolute Gasteiger partial charge is 0.0464 e. The van der Waals surface area contributed by atoms with Gasteiger partial charge in [-0.15, -0.1) is 0 Å². The molecule has 0 atom stereocenters. The number of rotatable bonds is 0. The zero-order chi connectivity index (χ0) is 6.04. The van der Waals surface area contributed by atoms with Crippen LogP contribution < -0.4 is 0 Å². The summed E-state index contributed by atoms with van der Waals surface area (Å²) in [7, 11) is 2.50. The van der Waals surface area contributed by atoms with Crippen molar-refractivity contribution < 1.29 is 4.74 Å². The zero-order valence-corrected chi connectivity index (χ0v) is 9.74. The summed E-state index contributed by atoms with van der Waals surface area (Å²) in [6.45, 7) is 1.03. The highest BCUT2D eigenvalue weighted by atomic mass is 28.2. The quantitative estimate of drug-likeness (QED) is 0.424. The van der Waals surface area contributed by atoms with Crippen molar-refractivity contribution >= 4 is 20.5 Å². The van der Waals surface area contributed by atoms with Crippen LogP contribution in [0.15, 0.2) is 0 Å². The third-order valence-corrected chi connectivity index (χ3v) is 3.24. The Kier molecular flexibility index (Phi) is 3.69. The van der Waals surface area contributed by atoms with Crippen LogP contribution in [-0.2, 0) is 4.74 Å². The molecule has 0 aromatic rings. The van der Waals surface area contributed by atoms with E-state index in [9.17, 15) is 0 Å². The molecule has 1 aliphatic heterocycles. The molecule has 0 bridgehead atoms. The summed E-state index contributed by atoms with van der Waals surface area (Å²) >= 11 is 0. The Hall–Kier alpha value is 0.394. The van der Waals surface area contributed by atoms with E-state index in [4.69, 9.17) is 4.74 Å². The fraction of sp³-hybridized carbons (Fsp3) is 1.00. The molecule has 1 fully saturated rings. The van der Waals surface area contributed by atoms with Gasteiger partial charge in [-0.1, -0.05) is 7.43 Å². The van der Waals surface area contributed by atoms with Gasteiger partial charge in [0, 0.05) is 31.9 Å². The zero-order valence-electron chi connectivity index (χ0n) is 5.74. The highest BCUT2D eigenvalue weighted by molar-refractivity contribution is 6.39. The largest absolute Gasteiger partial charge is 0.384 e. The van der Waals surface area contributed by atoms with E-state index in [0.717, 1.165) is 6.61 Å². The first-order valence-corrected chi connectivity index (χ1v) is 5.35. The lowest BCUT2D eigenvalue weighted by Gasteiger charge is -2.29. The lowest BCUT2D eigenvalue weighted by atomic mass is 10.2. The second kappa shape index (κ2) is 3.53. The number of hydrogen-bond donors (Lipinski definition) is 0. The SMILES string of the molecule is C.[SiH3]C1([SiH3])CCCCO1. The predicted octanol–water partition coefficient (Wildman–Crippen LogP) is -0.792. The van der Waals surface area contributed by atoms with E-state index in [1.165, 1.54) is 39.7 Å². The van der Waals surface area contributed by atoms with Crippen molar-refractivity contribution in [2.75, 3.05) is 6.61 Å². The van der Waals surface area contributed by atoms with E-state index in [1.54, 1.807) is 0 Å². The number of hydrogen-bond acceptors (Lipinski definition) is 1. The molecule has 1 aliphatic rings. The van der Waals surface area contributed by atoms with Crippen LogP contribution in [0.4, 0.5) is 0 Å². The van der Waals surface area contributed by atoms with Crippen LogP contribution in [0.5, 0.6) is 0 Å². The summed E-state index contributed by atoms with van der Waals surface area (Å²) in [6, 6.07) is 0. The van der Waals surface area contributed by atoms with Crippen LogP contribution in [-0.4, -0.2) is 31.9 Å². The monoisotopic (exact) mass is 162 g/mol. The Morgan fingerprint density at radius 3 is 2.11 bits per heavy atom. The molecular formula is C6H18OSi2. The van der Waals surface area contributed by atoms with Gasteiger partial charge in [0.2, 0.25) is 0 Å². The lowest BCUT2D eigenvalue weighted by molar-refractivity contribution is 0.0383. The van der Waals surface area contributed by atoms with Gasteiger partial charge in [0.25, 0.3) is 0 Å². The third-order valence-electron chi connectivity index (χ3n) is 1.67. The molecule has 0 unspecified atom stereocenters. The van der Waals surface area contributed by atoms with Crippen molar-refractivity contribution in [3.8, 4) is 0 Å². The van der Waals surface area contributed by atoms with Gasteiger partial charge in [-0.3, -0.25) is 0 Å². The van der Waals surface area contributed by atoms with E-state index in [-0.39, 0.29) is 7.43 Å². The molecule has 56 valence electrons. The molecule has 0 saturated carbocycles. The first kappa shape index (κ1) is 9.39. The average molecular weight is 162 g/mol. The first-order chi connectivity index (χ1) is 3.71. The first-order valence-electron chi connectivity index (χ1n) is 3.35. The second-order valence-corrected chi connectivity index (χ2v) is 9.30. The van der Waals surface area contributed by atoms with Crippen molar-refractivity contribution in [2.45, 2.75) is 31.5 Å². The van der Waals surface area contributed by atoms with Gasteiger partial charge in [-0.25, -0.2) is 0 Å². The fourth-order valence-electron chi connectivity index (χ4n) is 1.07. The van der Waals surface area contributed by atoms with E-state index >= 15 is 0 Å². The van der Waals surface area contributed by atoms with E-state index in [2.05, 4.69) is 0 Å². The highest BCUT2D eigenvalue weighted by Crippen LogP contribution is 2.17. The summed E-state index contributed by atoms with van der Waals surface area (Å²) in [6.07, 6.45) is 4.06. The molecule has 0 aromatic heterocycles. The van der Waals surface area contributed by atoms with Gasteiger partial charge < -0.3 is 4.74 Å². The normalized spacial score (nSPS) is 36.0. The molecule has 0 aliphatic carbocycles.